The van der Waals surface area contributed by atoms with Gasteiger partial charge >= 0.3 is 0 Å². The first kappa shape index (κ1) is 21.5. The number of rotatable bonds is 6. The number of aryl methyl sites for hydroxylation is 1. The lowest BCUT2D eigenvalue weighted by atomic mass is 10.1. The molecule has 4 rings (SSSR count). The van der Waals surface area contributed by atoms with Gasteiger partial charge in [-0.1, -0.05) is 49.4 Å². The summed E-state index contributed by atoms with van der Waals surface area (Å²) in [6.45, 7) is 6.46. The van der Waals surface area contributed by atoms with Gasteiger partial charge in [0.25, 0.3) is 11.5 Å². The summed E-state index contributed by atoms with van der Waals surface area (Å²) in [5, 5.41) is 0.556. The standard InChI is InChI=1S/C27H27N3O2/c1-4-20-15-17-22(18-16-20)30-25(28-24-14-10-9-13-23(24)27(30)32)19(3)29(5-2)26(31)21-11-7-6-8-12-21/h6-19H,4-5H2,1-3H3. The molecule has 1 heterocycles. The first-order valence-electron chi connectivity index (χ1n) is 11.0. The molecule has 0 saturated heterocycles. The minimum absolute atomic E-state index is 0.0871. The normalized spacial score (nSPS) is 12.0. The summed E-state index contributed by atoms with van der Waals surface area (Å²) in [6.07, 6.45) is 0.920. The Bertz CT molecular complexity index is 1290. The second kappa shape index (κ2) is 9.18. The van der Waals surface area contributed by atoms with Crippen molar-refractivity contribution in [2.45, 2.75) is 33.2 Å². The zero-order valence-corrected chi connectivity index (χ0v) is 18.7. The second-order valence-corrected chi connectivity index (χ2v) is 7.78. The third kappa shape index (κ3) is 3.94. The maximum absolute atomic E-state index is 13.6. The van der Waals surface area contributed by atoms with E-state index in [4.69, 9.17) is 4.98 Å². The van der Waals surface area contributed by atoms with Gasteiger partial charge in [-0.3, -0.25) is 14.2 Å². The summed E-state index contributed by atoms with van der Waals surface area (Å²) in [7, 11) is 0. The number of aromatic nitrogens is 2. The van der Waals surface area contributed by atoms with Crippen molar-refractivity contribution >= 4 is 16.8 Å². The Labute approximate surface area is 188 Å². The number of hydrogen-bond donors (Lipinski definition) is 0. The lowest BCUT2D eigenvalue weighted by molar-refractivity contribution is 0.0693. The van der Waals surface area contributed by atoms with Crippen molar-refractivity contribution in [2.24, 2.45) is 0 Å². The topological polar surface area (TPSA) is 55.2 Å². The Kier molecular flexibility index (Phi) is 6.17. The van der Waals surface area contributed by atoms with Crippen LogP contribution in [0.1, 0.15) is 48.6 Å². The summed E-state index contributed by atoms with van der Waals surface area (Å²) in [6, 6.07) is 24.1. The number of carbonyl (C=O) groups is 1. The quantitative estimate of drug-likeness (QED) is 0.428. The average Bonchev–Trinajstić information content (AvgIpc) is 2.85. The number of carbonyl (C=O) groups excluding carboxylic acids is 1. The molecule has 4 aromatic rings. The average molecular weight is 426 g/mol. The monoisotopic (exact) mass is 425 g/mol. The smallest absolute Gasteiger partial charge is 0.266 e. The zero-order chi connectivity index (χ0) is 22.7. The van der Waals surface area contributed by atoms with E-state index in [0.717, 1.165) is 12.1 Å². The van der Waals surface area contributed by atoms with E-state index in [-0.39, 0.29) is 11.5 Å². The van der Waals surface area contributed by atoms with E-state index in [1.165, 1.54) is 5.56 Å². The van der Waals surface area contributed by atoms with Crippen molar-refractivity contribution in [3.63, 3.8) is 0 Å². The summed E-state index contributed by atoms with van der Waals surface area (Å²) < 4.78 is 1.65. The molecule has 0 radical (unpaired) electrons. The fraction of sp³-hybridized carbons (Fsp3) is 0.222. The molecule has 1 aromatic heterocycles. The zero-order valence-electron chi connectivity index (χ0n) is 18.7. The van der Waals surface area contributed by atoms with Crippen LogP contribution in [0.15, 0.2) is 83.7 Å². The predicted molar refractivity (Wildman–Crippen MR) is 128 cm³/mol. The highest BCUT2D eigenvalue weighted by atomic mass is 16.2. The van der Waals surface area contributed by atoms with Gasteiger partial charge in [-0.05, 0) is 62.2 Å². The van der Waals surface area contributed by atoms with Gasteiger partial charge in [0.05, 0.1) is 22.6 Å². The maximum Gasteiger partial charge on any atom is 0.266 e. The van der Waals surface area contributed by atoms with Crippen molar-refractivity contribution in [3.8, 4) is 5.69 Å². The van der Waals surface area contributed by atoms with E-state index in [1.54, 1.807) is 15.5 Å². The van der Waals surface area contributed by atoms with E-state index in [1.807, 2.05) is 86.6 Å². The molecule has 162 valence electrons. The van der Waals surface area contributed by atoms with Crippen molar-refractivity contribution in [1.29, 1.82) is 0 Å². The van der Waals surface area contributed by atoms with Crippen LogP contribution in [0.5, 0.6) is 0 Å². The van der Waals surface area contributed by atoms with E-state index in [2.05, 4.69) is 6.92 Å². The molecule has 1 atom stereocenters. The predicted octanol–water partition coefficient (Wildman–Crippen LogP) is 5.17. The highest BCUT2D eigenvalue weighted by Crippen LogP contribution is 2.24. The van der Waals surface area contributed by atoms with Gasteiger partial charge in [-0.25, -0.2) is 4.98 Å². The Hall–Kier alpha value is -3.73. The van der Waals surface area contributed by atoms with Gasteiger partial charge in [0, 0.05) is 12.1 Å². The third-order valence-corrected chi connectivity index (χ3v) is 5.87. The number of fused-ring (bicyclic) bond motifs is 1. The van der Waals surface area contributed by atoms with Gasteiger partial charge < -0.3 is 4.90 Å². The Morgan fingerprint density at radius 3 is 2.25 bits per heavy atom. The molecule has 5 heteroatoms. The second-order valence-electron chi connectivity index (χ2n) is 7.78. The minimum atomic E-state index is -0.407. The van der Waals surface area contributed by atoms with E-state index < -0.39 is 6.04 Å². The van der Waals surface area contributed by atoms with Gasteiger partial charge in [-0.2, -0.15) is 0 Å². The molecular formula is C27H27N3O2. The van der Waals surface area contributed by atoms with Gasteiger partial charge in [-0.15, -0.1) is 0 Å². The molecule has 0 bridgehead atoms. The largest absolute Gasteiger partial charge is 0.329 e. The molecule has 1 unspecified atom stereocenters. The summed E-state index contributed by atoms with van der Waals surface area (Å²) >= 11 is 0. The molecular weight excluding hydrogens is 398 g/mol. The molecule has 5 nitrogen and oxygen atoms in total. The molecule has 0 aliphatic heterocycles. The van der Waals surface area contributed by atoms with Crippen LogP contribution in [0.25, 0.3) is 16.6 Å². The number of hydrogen-bond acceptors (Lipinski definition) is 3. The summed E-state index contributed by atoms with van der Waals surface area (Å²) in [5.74, 6) is 0.458. The molecule has 3 aromatic carbocycles. The van der Waals surface area contributed by atoms with Crippen LogP contribution in [0.2, 0.25) is 0 Å². The minimum Gasteiger partial charge on any atom is -0.329 e. The third-order valence-electron chi connectivity index (χ3n) is 5.87. The van der Waals surface area contributed by atoms with E-state index in [0.29, 0.717) is 28.8 Å². The first-order valence-corrected chi connectivity index (χ1v) is 11.0. The van der Waals surface area contributed by atoms with Crippen molar-refractivity contribution in [2.75, 3.05) is 6.54 Å². The number of nitrogens with zero attached hydrogens (tertiary/aromatic N) is 3. The summed E-state index contributed by atoms with van der Waals surface area (Å²) in [5.41, 5.74) is 3.05. The Morgan fingerprint density at radius 1 is 0.938 bits per heavy atom. The van der Waals surface area contributed by atoms with Crippen LogP contribution in [0.3, 0.4) is 0 Å². The van der Waals surface area contributed by atoms with Crippen LogP contribution in [-0.4, -0.2) is 26.9 Å². The number of benzene rings is 3. The van der Waals surface area contributed by atoms with E-state index in [9.17, 15) is 9.59 Å². The lowest BCUT2D eigenvalue weighted by Crippen LogP contribution is -2.37. The van der Waals surface area contributed by atoms with Crippen molar-refractivity contribution in [1.82, 2.24) is 14.5 Å². The molecule has 0 spiro atoms. The molecule has 0 saturated carbocycles. The first-order chi connectivity index (χ1) is 15.5. The molecule has 0 aliphatic rings. The highest BCUT2D eigenvalue weighted by molar-refractivity contribution is 5.94. The molecule has 0 aliphatic carbocycles. The lowest BCUT2D eigenvalue weighted by Gasteiger charge is -2.29. The molecule has 0 fully saturated rings. The van der Waals surface area contributed by atoms with Gasteiger partial charge in [0.2, 0.25) is 0 Å². The number of para-hydroxylation sites is 1. The Morgan fingerprint density at radius 2 is 1.59 bits per heavy atom. The van der Waals surface area contributed by atoms with Crippen LogP contribution in [0.4, 0.5) is 0 Å². The summed E-state index contributed by atoms with van der Waals surface area (Å²) in [4.78, 5) is 33.5. The van der Waals surface area contributed by atoms with Crippen LogP contribution >= 0.6 is 0 Å². The van der Waals surface area contributed by atoms with Crippen LogP contribution in [0, 0.1) is 0 Å². The SMILES string of the molecule is CCc1ccc(-n2c(C(C)N(CC)C(=O)c3ccccc3)nc3ccccc3c2=O)cc1. The fourth-order valence-corrected chi connectivity index (χ4v) is 4.04. The van der Waals surface area contributed by atoms with E-state index >= 15 is 0 Å². The van der Waals surface area contributed by atoms with Crippen molar-refractivity contribution in [3.05, 3.63) is 106 Å². The van der Waals surface area contributed by atoms with Crippen LogP contribution in [-0.2, 0) is 6.42 Å². The molecule has 0 N–H and O–H groups in total. The fourth-order valence-electron chi connectivity index (χ4n) is 4.04. The highest BCUT2D eigenvalue weighted by Gasteiger charge is 2.26. The van der Waals surface area contributed by atoms with Gasteiger partial charge in [0.15, 0.2) is 0 Å². The molecule has 32 heavy (non-hydrogen) atoms. The van der Waals surface area contributed by atoms with Crippen molar-refractivity contribution < 1.29 is 4.79 Å². The Balaban J connectivity index is 1.89. The number of amides is 1. The maximum atomic E-state index is 13.6. The van der Waals surface area contributed by atoms with Gasteiger partial charge in [0.1, 0.15) is 5.82 Å². The van der Waals surface area contributed by atoms with Crippen LogP contribution < -0.4 is 5.56 Å². The molecule has 1 amide bonds.